The van der Waals surface area contributed by atoms with Gasteiger partial charge in [0.1, 0.15) is 6.61 Å². The van der Waals surface area contributed by atoms with Gasteiger partial charge in [0, 0.05) is 0 Å². The Kier molecular flexibility index (Phi) is 3.04. The van der Waals surface area contributed by atoms with Gasteiger partial charge in [0.15, 0.2) is 0 Å². The summed E-state index contributed by atoms with van der Waals surface area (Å²) >= 11 is 0. The van der Waals surface area contributed by atoms with Crippen LogP contribution in [0.3, 0.4) is 0 Å². The maximum atomic E-state index is 6.33. The highest BCUT2D eigenvalue weighted by atomic mass is 16.6. The van der Waals surface area contributed by atoms with Crippen LogP contribution in [0.2, 0.25) is 0 Å². The smallest absolute Gasteiger partial charge is 0.108 e. The lowest BCUT2D eigenvalue weighted by Gasteiger charge is -2.62. The quantitative estimate of drug-likeness (QED) is 0.686. The Bertz CT molecular complexity index is 363. The molecule has 2 saturated heterocycles. The van der Waals surface area contributed by atoms with Crippen LogP contribution in [0.25, 0.3) is 0 Å². The first-order valence-electron chi connectivity index (χ1n) is 6.57. The Morgan fingerprint density at radius 2 is 2.00 bits per heavy atom. The van der Waals surface area contributed by atoms with Gasteiger partial charge in [-0.2, -0.15) is 0 Å². The molecular weight excluding hydrogens is 212 g/mol. The highest BCUT2D eigenvalue weighted by Gasteiger charge is 2.60. The highest BCUT2D eigenvalue weighted by Crippen LogP contribution is 2.55. The van der Waals surface area contributed by atoms with Gasteiger partial charge in [0.25, 0.3) is 0 Å². The first-order chi connectivity index (χ1) is 7.83. The molecule has 1 saturated carbocycles. The molecule has 3 unspecified atom stereocenters. The van der Waals surface area contributed by atoms with Crippen LogP contribution in [0.15, 0.2) is 0 Å². The van der Waals surface area contributed by atoms with Gasteiger partial charge >= 0.3 is 0 Å². The van der Waals surface area contributed by atoms with Crippen LogP contribution in [0, 0.1) is 17.8 Å². The highest BCUT2D eigenvalue weighted by molar-refractivity contribution is 5.11. The summed E-state index contributed by atoms with van der Waals surface area (Å²) in [4.78, 5) is 0. The molecule has 2 bridgehead atoms. The van der Waals surface area contributed by atoms with Crippen molar-refractivity contribution < 1.29 is 9.47 Å². The second-order valence-electron chi connectivity index (χ2n) is 6.32. The molecule has 0 radical (unpaired) electrons. The average molecular weight is 236 g/mol. The molecule has 17 heavy (non-hydrogen) atoms. The predicted octanol–water partition coefficient (Wildman–Crippen LogP) is 3.15. The molecule has 2 nitrogen and oxygen atoms in total. The lowest BCUT2D eigenvalue weighted by atomic mass is 9.61. The van der Waals surface area contributed by atoms with Crippen LogP contribution in [0.4, 0.5) is 0 Å². The Labute approximate surface area is 105 Å². The number of ether oxygens (including phenoxy) is 2. The van der Waals surface area contributed by atoms with Gasteiger partial charge in [-0.1, -0.05) is 5.92 Å². The monoisotopic (exact) mass is 236 g/mol. The van der Waals surface area contributed by atoms with E-state index in [1.54, 1.807) is 0 Å². The van der Waals surface area contributed by atoms with Crippen molar-refractivity contribution in [3.63, 3.8) is 0 Å². The fraction of sp³-hybridized carbons (Fsp3) is 0.867. The number of fused-ring (bicyclic) bond motifs is 3. The number of rotatable bonds is 2. The van der Waals surface area contributed by atoms with Crippen LogP contribution in [0.1, 0.15) is 53.9 Å². The van der Waals surface area contributed by atoms with E-state index in [4.69, 9.17) is 9.47 Å². The maximum absolute atomic E-state index is 6.33. The normalized spacial score (nSPS) is 43.0. The third-order valence-corrected chi connectivity index (χ3v) is 4.84. The zero-order valence-electron chi connectivity index (χ0n) is 11.7. The zero-order chi connectivity index (χ0) is 12.7. The minimum Gasteiger partial charge on any atom is -0.366 e. The Morgan fingerprint density at radius 3 is 2.53 bits per heavy atom. The van der Waals surface area contributed by atoms with Gasteiger partial charge in [-0.15, -0.1) is 5.92 Å². The van der Waals surface area contributed by atoms with Gasteiger partial charge in [-0.05, 0) is 59.8 Å². The van der Waals surface area contributed by atoms with Crippen molar-refractivity contribution >= 4 is 0 Å². The predicted molar refractivity (Wildman–Crippen MR) is 68.7 cm³/mol. The van der Waals surface area contributed by atoms with E-state index in [0.717, 1.165) is 12.8 Å². The van der Waals surface area contributed by atoms with E-state index in [1.165, 1.54) is 6.42 Å². The van der Waals surface area contributed by atoms with Gasteiger partial charge in [0.05, 0.1) is 16.8 Å². The third kappa shape index (κ3) is 2.00. The first-order valence-corrected chi connectivity index (χ1v) is 6.57. The van der Waals surface area contributed by atoms with E-state index < -0.39 is 0 Å². The van der Waals surface area contributed by atoms with Gasteiger partial charge in [-0.25, -0.2) is 0 Å². The van der Waals surface area contributed by atoms with Crippen molar-refractivity contribution in [2.75, 3.05) is 6.61 Å². The molecule has 0 spiro atoms. The van der Waals surface area contributed by atoms with Crippen molar-refractivity contribution in [3.05, 3.63) is 0 Å². The molecule has 0 N–H and O–H groups in total. The standard InChI is InChI=1S/C15H24O2/c1-6-7-10-16-15(5)11-12-8-9-14(15,4)17-13(12,2)3/h12H,8-11H2,1-5H3. The van der Waals surface area contributed by atoms with Crippen molar-refractivity contribution in [2.45, 2.75) is 70.7 Å². The van der Waals surface area contributed by atoms with Crippen LogP contribution < -0.4 is 0 Å². The summed E-state index contributed by atoms with van der Waals surface area (Å²) in [7, 11) is 0. The summed E-state index contributed by atoms with van der Waals surface area (Å²) in [5.41, 5.74) is -0.359. The second kappa shape index (κ2) is 4.00. The summed E-state index contributed by atoms with van der Waals surface area (Å²) in [6.07, 6.45) is 3.43. The van der Waals surface area contributed by atoms with E-state index in [9.17, 15) is 0 Å². The first kappa shape index (κ1) is 12.9. The SMILES string of the molecule is CC#CCOC1(C)CC2CCC1(C)OC2(C)C. The third-order valence-electron chi connectivity index (χ3n) is 4.84. The number of hydrogen-bond acceptors (Lipinski definition) is 2. The van der Waals surface area contributed by atoms with Crippen LogP contribution in [0.5, 0.6) is 0 Å². The van der Waals surface area contributed by atoms with Gasteiger partial charge in [-0.3, -0.25) is 0 Å². The lowest BCUT2D eigenvalue weighted by Crippen LogP contribution is -2.67. The van der Waals surface area contributed by atoms with E-state index in [-0.39, 0.29) is 16.8 Å². The molecule has 0 aromatic heterocycles. The van der Waals surface area contributed by atoms with Crippen molar-refractivity contribution in [1.82, 2.24) is 0 Å². The average Bonchev–Trinajstić information content (AvgIpc) is 2.20. The van der Waals surface area contributed by atoms with Crippen LogP contribution >= 0.6 is 0 Å². The molecule has 2 aliphatic heterocycles. The summed E-state index contributed by atoms with van der Waals surface area (Å²) < 4.78 is 12.4. The Balaban J connectivity index is 2.17. The van der Waals surface area contributed by atoms with Gasteiger partial charge in [0.2, 0.25) is 0 Å². The molecule has 3 rings (SSSR count). The summed E-state index contributed by atoms with van der Waals surface area (Å²) in [5, 5.41) is 0. The molecule has 2 heteroatoms. The largest absolute Gasteiger partial charge is 0.366 e. The Hall–Kier alpha value is -0.520. The second-order valence-corrected chi connectivity index (χ2v) is 6.32. The van der Waals surface area contributed by atoms with Gasteiger partial charge < -0.3 is 9.47 Å². The Morgan fingerprint density at radius 1 is 1.29 bits per heavy atom. The molecule has 2 heterocycles. The molecule has 1 aliphatic carbocycles. The summed E-state index contributed by atoms with van der Waals surface area (Å²) in [6.45, 7) is 11.2. The molecule has 96 valence electrons. The van der Waals surface area contributed by atoms with E-state index >= 15 is 0 Å². The van der Waals surface area contributed by atoms with E-state index in [1.807, 2.05) is 6.92 Å². The molecule has 0 amide bonds. The molecule has 3 atom stereocenters. The van der Waals surface area contributed by atoms with Crippen LogP contribution in [-0.4, -0.2) is 23.4 Å². The maximum Gasteiger partial charge on any atom is 0.108 e. The van der Waals surface area contributed by atoms with E-state index in [0.29, 0.717) is 12.5 Å². The zero-order valence-corrected chi connectivity index (χ0v) is 11.7. The fourth-order valence-electron chi connectivity index (χ4n) is 3.40. The lowest BCUT2D eigenvalue weighted by molar-refractivity contribution is -0.317. The molecular formula is C15H24O2. The molecule has 0 aromatic carbocycles. The minimum absolute atomic E-state index is 0.00763. The minimum atomic E-state index is -0.185. The summed E-state index contributed by atoms with van der Waals surface area (Å²) in [6, 6.07) is 0. The number of hydrogen-bond donors (Lipinski definition) is 0. The fourth-order valence-corrected chi connectivity index (χ4v) is 3.40. The van der Waals surface area contributed by atoms with Crippen LogP contribution in [-0.2, 0) is 9.47 Å². The molecule has 3 aliphatic rings. The topological polar surface area (TPSA) is 18.5 Å². The van der Waals surface area contributed by atoms with E-state index in [2.05, 4.69) is 39.5 Å². The molecule has 3 fully saturated rings. The van der Waals surface area contributed by atoms with Crippen molar-refractivity contribution in [2.24, 2.45) is 5.92 Å². The van der Waals surface area contributed by atoms with Crippen molar-refractivity contribution in [1.29, 1.82) is 0 Å². The molecule has 0 aromatic rings. The summed E-state index contributed by atoms with van der Waals surface area (Å²) in [5.74, 6) is 6.47. The van der Waals surface area contributed by atoms with Crippen molar-refractivity contribution in [3.8, 4) is 11.8 Å².